The Kier molecular flexibility index (Phi) is 6.89. The van der Waals surface area contributed by atoms with Crippen LogP contribution in [0, 0.1) is 11.2 Å². The minimum Gasteiger partial charge on any atom is -0.393 e. The Hall–Kier alpha value is -3.45. The zero-order valence-corrected chi connectivity index (χ0v) is 18.6. The fourth-order valence-corrected chi connectivity index (χ4v) is 4.51. The third kappa shape index (κ3) is 4.83. The van der Waals surface area contributed by atoms with Gasteiger partial charge in [0, 0.05) is 43.3 Å². The van der Waals surface area contributed by atoms with Crippen molar-refractivity contribution in [3.8, 4) is 0 Å². The Bertz CT molecular complexity index is 1180. The van der Waals surface area contributed by atoms with E-state index in [0.29, 0.717) is 12.8 Å². The van der Waals surface area contributed by atoms with E-state index in [1.165, 1.54) is 12.3 Å². The number of nitrogens with one attached hydrogen (secondary N) is 3. The first-order valence-electron chi connectivity index (χ1n) is 11.3. The molecule has 0 unspecified atom stereocenters. The van der Waals surface area contributed by atoms with Gasteiger partial charge in [-0.15, -0.1) is 0 Å². The molecule has 1 saturated carbocycles. The highest BCUT2D eigenvalue weighted by Crippen LogP contribution is 2.25. The van der Waals surface area contributed by atoms with Gasteiger partial charge in [0.2, 0.25) is 0 Å². The molecule has 0 aliphatic heterocycles. The number of carbonyl (C=O) groups excluding carboxylic acids is 1. The molecular formula is C26H29FN4O2. The van der Waals surface area contributed by atoms with Crippen LogP contribution >= 0.6 is 0 Å². The average Bonchev–Trinajstić information content (AvgIpc) is 3.19. The van der Waals surface area contributed by atoms with Crippen molar-refractivity contribution in [1.29, 1.82) is 5.41 Å². The van der Waals surface area contributed by atoms with Gasteiger partial charge in [0.25, 0.3) is 5.91 Å². The number of hydrogen-bond donors (Lipinski definition) is 4. The molecule has 4 N–H and O–H groups in total. The molecule has 1 amide bonds. The summed E-state index contributed by atoms with van der Waals surface area (Å²) in [6.45, 7) is 0. The van der Waals surface area contributed by atoms with Gasteiger partial charge in [-0.1, -0.05) is 37.1 Å². The second kappa shape index (κ2) is 10.0. The van der Waals surface area contributed by atoms with Crippen molar-refractivity contribution in [3.63, 3.8) is 0 Å². The third-order valence-corrected chi connectivity index (χ3v) is 6.24. The smallest absolute Gasteiger partial charge is 0.253 e. The van der Waals surface area contributed by atoms with E-state index in [-0.39, 0.29) is 23.0 Å². The largest absolute Gasteiger partial charge is 0.393 e. The van der Waals surface area contributed by atoms with E-state index in [4.69, 9.17) is 5.41 Å². The lowest BCUT2D eigenvalue weighted by Gasteiger charge is -2.28. The van der Waals surface area contributed by atoms with Crippen LogP contribution in [-0.4, -0.2) is 40.8 Å². The summed E-state index contributed by atoms with van der Waals surface area (Å²) >= 11 is 0. The SMILES string of the molecule is CN/C=C(\C=N)c1ccc(Cc2cc(C(=O)N[C@H]3CCCC[C@@H]3O)c3c(F)cccn23)cc1. The Morgan fingerprint density at radius 3 is 2.70 bits per heavy atom. The maximum atomic E-state index is 14.8. The lowest BCUT2D eigenvalue weighted by molar-refractivity contribution is 0.0718. The van der Waals surface area contributed by atoms with Crippen molar-refractivity contribution in [2.45, 2.75) is 44.2 Å². The lowest BCUT2D eigenvalue weighted by Crippen LogP contribution is -2.45. The van der Waals surface area contributed by atoms with E-state index >= 15 is 0 Å². The van der Waals surface area contributed by atoms with Gasteiger partial charge in [0.1, 0.15) is 5.82 Å². The van der Waals surface area contributed by atoms with Crippen molar-refractivity contribution in [3.05, 3.63) is 83.1 Å². The number of amides is 1. The first-order chi connectivity index (χ1) is 16.0. The second-order valence-electron chi connectivity index (χ2n) is 8.46. The minimum atomic E-state index is -0.567. The molecule has 1 fully saturated rings. The Morgan fingerprint density at radius 2 is 2.00 bits per heavy atom. The van der Waals surface area contributed by atoms with Crippen LogP contribution in [0.15, 0.2) is 54.9 Å². The van der Waals surface area contributed by atoms with Crippen LogP contribution in [0.2, 0.25) is 0 Å². The van der Waals surface area contributed by atoms with Crippen molar-refractivity contribution >= 4 is 23.2 Å². The van der Waals surface area contributed by atoms with E-state index in [9.17, 15) is 14.3 Å². The van der Waals surface area contributed by atoms with Crippen molar-refractivity contribution in [2.75, 3.05) is 7.05 Å². The molecule has 3 aromatic rings. The first kappa shape index (κ1) is 22.7. The quantitative estimate of drug-likeness (QED) is 0.413. The Morgan fingerprint density at radius 1 is 1.24 bits per heavy atom. The number of carbonyl (C=O) groups is 1. The zero-order valence-electron chi connectivity index (χ0n) is 18.6. The van der Waals surface area contributed by atoms with E-state index in [1.807, 2.05) is 24.3 Å². The fourth-order valence-electron chi connectivity index (χ4n) is 4.51. The summed E-state index contributed by atoms with van der Waals surface area (Å²) in [7, 11) is 1.79. The summed E-state index contributed by atoms with van der Waals surface area (Å²) in [6, 6.07) is 12.2. The van der Waals surface area contributed by atoms with Gasteiger partial charge in [0.05, 0.1) is 23.2 Å². The number of nitrogens with zero attached hydrogens (tertiary/aromatic N) is 1. The monoisotopic (exact) mass is 448 g/mol. The van der Waals surface area contributed by atoms with Crippen molar-refractivity contribution in [2.24, 2.45) is 0 Å². The van der Waals surface area contributed by atoms with Crippen LogP contribution < -0.4 is 10.6 Å². The van der Waals surface area contributed by atoms with Gasteiger partial charge < -0.3 is 25.6 Å². The molecule has 0 saturated heterocycles. The van der Waals surface area contributed by atoms with Crippen molar-refractivity contribution in [1.82, 2.24) is 15.0 Å². The number of benzene rings is 1. The molecule has 0 radical (unpaired) electrons. The second-order valence-corrected chi connectivity index (χ2v) is 8.46. The van der Waals surface area contributed by atoms with E-state index in [2.05, 4.69) is 10.6 Å². The van der Waals surface area contributed by atoms with Gasteiger partial charge in [0.15, 0.2) is 0 Å². The molecule has 1 aliphatic carbocycles. The maximum Gasteiger partial charge on any atom is 0.253 e. The van der Waals surface area contributed by atoms with Crippen molar-refractivity contribution < 1.29 is 14.3 Å². The van der Waals surface area contributed by atoms with Crippen LogP contribution in [0.25, 0.3) is 11.1 Å². The summed E-state index contributed by atoms with van der Waals surface area (Å²) < 4.78 is 16.5. The van der Waals surface area contributed by atoms with Crippen LogP contribution in [0.1, 0.15) is 52.9 Å². The highest BCUT2D eigenvalue weighted by molar-refractivity contribution is 6.08. The minimum absolute atomic E-state index is 0.245. The summed E-state index contributed by atoms with van der Waals surface area (Å²) in [5.41, 5.74) is 4.01. The fraction of sp³-hybridized carbons (Fsp3) is 0.308. The zero-order chi connectivity index (χ0) is 23.4. The van der Waals surface area contributed by atoms with Crippen LogP contribution in [0.5, 0.6) is 0 Å². The Labute approximate surface area is 192 Å². The number of aliphatic hydroxyl groups is 1. The van der Waals surface area contributed by atoms with Gasteiger partial charge in [-0.2, -0.15) is 0 Å². The van der Waals surface area contributed by atoms with Gasteiger partial charge in [-0.3, -0.25) is 4.79 Å². The summed E-state index contributed by atoms with van der Waals surface area (Å²) in [6.07, 6.45) is 8.06. The highest BCUT2D eigenvalue weighted by Gasteiger charge is 2.27. The summed E-state index contributed by atoms with van der Waals surface area (Å²) in [5.74, 6) is -0.820. The predicted molar refractivity (Wildman–Crippen MR) is 128 cm³/mol. The molecule has 7 heteroatoms. The number of aliphatic hydroxyl groups excluding tert-OH is 1. The standard InChI is InChI=1S/C26H29FN4O2/c1-29-16-19(15-28)18-10-8-17(9-11-18)13-20-14-21(25-22(27)5-4-12-31(20)25)26(33)30-23-6-2-3-7-24(23)32/h4-5,8-12,14-16,23-24,28-29,32H,2-3,6-7,13H2,1H3,(H,30,33)/b19-16+,28-15?/t23-,24-/m0/s1. The normalized spacial score (nSPS) is 18.8. The Balaban J connectivity index is 1.62. The molecule has 33 heavy (non-hydrogen) atoms. The molecule has 1 aliphatic rings. The number of allylic oxidation sites excluding steroid dienone is 1. The molecule has 4 rings (SSSR count). The molecule has 6 nitrogen and oxygen atoms in total. The van der Waals surface area contributed by atoms with E-state index in [0.717, 1.165) is 41.7 Å². The molecule has 2 aromatic heterocycles. The van der Waals surface area contributed by atoms with E-state index < -0.39 is 11.9 Å². The molecule has 172 valence electrons. The molecule has 2 heterocycles. The van der Waals surface area contributed by atoms with Gasteiger partial charge in [-0.25, -0.2) is 4.39 Å². The maximum absolute atomic E-state index is 14.8. The molecule has 0 bridgehead atoms. The van der Waals surface area contributed by atoms with Gasteiger partial charge in [-0.05, 0) is 42.2 Å². The predicted octanol–water partition coefficient (Wildman–Crippen LogP) is 3.91. The van der Waals surface area contributed by atoms with Crippen LogP contribution in [0.3, 0.4) is 0 Å². The third-order valence-electron chi connectivity index (χ3n) is 6.24. The number of aromatic nitrogens is 1. The molecular weight excluding hydrogens is 419 g/mol. The number of pyridine rings is 1. The molecule has 1 aromatic carbocycles. The number of halogens is 1. The number of fused-ring (bicyclic) bond motifs is 1. The average molecular weight is 449 g/mol. The summed E-state index contributed by atoms with van der Waals surface area (Å²) in [4.78, 5) is 13.1. The number of hydrogen-bond acceptors (Lipinski definition) is 4. The van der Waals surface area contributed by atoms with Crippen LogP contribution in [-0.2, 0) is 6.42 Å². The first-order valence-corrected chi connectivity index (χ1v) is 11.3. The lowest BCUT2D eigenvalue weighted by atomic mass is 9.92. The topological polar surface area (TPSA) is 89.6 Å². The molecule has 2 atom stereocenters. The van der Waals surface area contributed by atoms with E-state index in [1.54, 1.807) is 36.0 Å². The van der Waals surface area contributed by atoms with Gasteiger partial charge >= 0.3 is 0 Å². The summed E-state index contributed by atoms with van der Waals surface area (Å²) in [5, 5.41) is 23.6. The highest BCUT2D eigenvalue weighted by atomic mass is 19.1. The number of rotatable bonds is 7. The molecule has 0 spiro atoms. The van der Waals surface area contributed by atoms with Crippen LogP contribution in [0.4, 0.5) is 4.39 Å².